The number of halogens is 1. The van der Waals surface area contributed by atoms with Gasteiger partial charge >= 0.3 is 5.97 Å². The maximum Gasteiger partial charge on any atom is 0.341 e. The molecular formula is C19H29IN4O4. The van der Waals surface area contributed by atoms with E-state index in [0.717, 1.165) is 24.9 Å². The van der Waals surface area contributed by atoms with E-state index in [-0.39, 0.29) is 35.8 Å². The van der Waals surface area contributed by atoms with Gasteiger partial charge in [-0.2, -0.15) is 0 Å². The molecule has 3 N–H and O–H groups in total. The molecule has 0 atom stereocenters. The highest BCUT2D eigenvalue weighted by molar-refractivity contribution is 14.0. The van der Waals surface area contributed by atoms with Crippen LogP contribution in [0, 0.1) is 5.92 Å². The van der Waals surface area contributed by atoms with Crippen LogP contribution in [0.15, 0.2) is 23.2 Å². The topological polar surface area (TPSA) is 101 Å². The zero-order chi connectivity index (χ0) is 19.6. The van der Waals surface area contributed by atoms with Crippen molar-refractivity contribution in [3.05, 3.63) is 29.3 Å². The van der Waals surface area contributed by atoms with Crippen LogP contribution in [-0.2, 0) is 16.1 Å². The van der Waals surface area contributed by atoms with Gasteiger partial charge in [-0.05, 0) is 37.5 Å². The molecule has 0 bridgehead atoms. The van der Waals surface area contributed by atoms with Gasteiger partial charge in [0.2, 0.25) is 5.91 Å². The van der Waals surface area contributed by atoms with Crippen LogP contribution < -0.4 is 20.7 Å². The molecule has 1 aliphatic carbocycles. The number of aliphatic imine (C=N–C) groups is 1. The molecule has 1 aromatic carbocycles. The maximum atomic E-state index is 11.9. The van der Waals surface area contributed by atoms with E-state index in [4.69, 9.17) is 9.47 Å². The van der Waals surface area contributed by atoms with Crippen LogP contribution in [0.4, 0.5) is 0 Å². The largest absolute Gasteiger partial charge is 0.496 e. The van der Waals surface area contributed by atoms with E-state index >= 15 is 0 Å². The fourth-order valence-corrected chi connectivity index (χ4v) is 2.49. The second kappa shape index (κ2) is 12.4. The third-order valence-electron chi connectivity index (χ3n) is 4.10. The molecule has 1 aliphatic rings. The van der Waals surface area contributed by atoms with Crippen LogP contribution in [0.3, 0.4) is 0 Å². The Morgan fingerprint density at radius 1 is 1.14 bits per heavy atom. The van der Waals surface area contributed by atoms with E-state index in [1.807, 2.05) is 13.0 Å². The Kier molecular flexibility index (Phi) is 10.6. The van der Waals surface area contributed by atoms with E-state index in [0.29, 0.717) is 36.9 Å². The summed E-state index contributed by atoms with van der Waals surface area (Å²) in [5, 5.41) is 9.25. The minimum absolute atomic E-state index is 0. The van der Waals surface area contributed by atoms with Gasteiger partial charge in [-0.15, -0.1) is 24.0 Å². The van der Waals surface area contributed by atoms with Crippen molar-refractivity contribution in [2.45, 2.75) is 26.3 Å². The van der Waals surface area contributed by atoms with Gasteiger partial charge in [0, 0.05) is 25.6 Å². The summed E-state index contributed by atoms with van der Waals surface area (Å²) in [6.07, 6.45) is 2.00. The van der Waals surface area contributed by atoms with Crippen molar-refractivity contribution in [2.75, 3.05) is 33.9 Å². The maximum absolute atomic E-state index is 11.9. The highest BCUT2D eigenvalue weighted by Gasteiger charge is 2.28. The quantitative estimate of drug-likeness (QED) is 0.156. The molecule has 0 heterocycles. The summed E-state index contributed by atoms with van der Waals surface area (Å²) in [5.41, 5.74) is 1.23. The molecule has 1 saturated carbocycles. The Labute approximate surface area is 182 Å². The molecule has 0 unspecified atom stereocenters. The zero-order valence-electron chi connectivity index (χ0n) is 16.5. The molecule has 1 aromatic rings. The molecule has 0 aliphatic heterocycles. The molecule has 2 rings (SSSR count). The van der Waals surface area contributed by atoms with Crippen molar-refractivity contribution >= 4 is 41.8 Å². The first-order valence-electron chi connectivity index (χ1n) is 9.14. The van der Waals surface area contributed by atoms with Crippen molar-refractivity contribution in [2.24, 2.45) is 10.9 Å². The van der Waals surface area contributed by atoms with Crippen LogP contribution in [0.5, 0.6) is 5.75 Å². The van der Waals surface area contributed by atoms with Crippen molar-refractivity contribution in [1.29, 1.82) is 0 Å². The Morgan fingerprint density at radius 3 is 2.46 bits per heavy atom. The number of hydrogen-bond acceptors (Lipinski definition) is 5. The minimum atomic E-state index is -0.450. The number of amides is 1. The van der Waals surface area contributed by atoms with Crippen molar-refractivity contribution in [3.8, 4) is 5.75 Å². The van der Waals surface area contributed by atoms with Gasteiger partial charge in [0.25, 0.3) is 0 Å². The van der Waals surface area contributed by atoms with E-state index in [1.54, 1.807) is 12.1 Å². The zero-order valence-corrected chi connectivity index (χ0v) is 18.9. The number of ether oxygens (including phenoxy) is 2. The predicted molar refractivity (Wildman–Crippen MR) is 118 cm³/mol. The second-order valence-electron chi connectivity index (χ2n) is 6.21. The van der Waals surface area contributed by atoms with Gasteiger partial charge < -0.3 is 25.4 Å². The fraction of sp³-hybridized carbons (Fsp3) is 0.526. The lowest BCUT2D eigenvalue weighted by molar-refractivity contribution is -0.122. The molecule has 28 heavy (non-hydrogen) atoms. The molecule has 1 fully saturated rings. The number of rotatable bonds is 9. The van der Waals surface area contributed by atoms with Gasteiger partial charge in [-0.1, -0.05) is 6.07 Å². The van der Waals surface area contributed by atoms with Gasteiger partial charge in [0.15, 0.2) is 5.96 Å². The number of nitrogens with one attached hydrogen (secondary N) is 3. The number of guanidine groups is 1. The Hall–Kier alpha value is -2.04. The fourth-order valence-electron chi connectivity index (χ4n) is 2.49. The molecule has 1 amide bonds. The van der Waals surface area contributed by atoms with E-state index in [9.17, 15) is 9.59 Å². The molecule has 0 saturated heterocycles. The summed E-state index contributed by atoms with van der Waals surface area (Å²) >= 11 is 0. The van der Waals surface area contributed by atoms with Crippen molar-refractivity contribution in [3.63, 3.8) is 0 Å². The average molecular weight is 504 g/mol. The Balaban J connectivity index is 0.00000392. The molecule has 0 radical (unpaired) electrons. The second-order valence-corrected chi connectivity index (χ2v) is 6.21. The first-order valence-corrected chi connectivity index (χ1v) is 9.14. The third-order valence-corrected chi connectivity index (χ3v) is 4.10. The summed E-state index contributed by atoms with van der Waals surface area (Å²) in [6, 6.07) is 5.30. The monoisotopic (exact) mass is 504 g/mol. The molecule has 0 spiro atoms. The summed E-state index contributed by atoms with van der Waals surface area (Å²) in [5.74, 6) is 1.01. The van der Waals surface area contributed by atoms with Gasteiger partial charge in [0.05, 0.1) is 20.8 Å². The Morgan fingerprint density at radius 2 is 1.86 bits per heavy atom. The smallest absolute Gasteiger partial charge is 0.341 e. The van der Waals surface area contributed by atoms with Gasteiger partial charge in [0.1, 0.15) is 11.3 Å². The first kappa shape index (κ1) is 24.0. The summed E-state index contributed by atoms with van der Waals surface area (Å²) in [6.45, 7) is 4.22. The van der Waals surface area contributed by atoms with Gasteiger partial charge in [-0.3, -0.25) is 4.79 Å². The normalized spacial score (nSPS) is 13.2. The Bertz CT molecular complexity index is 693. The van der Waals surface area contributed by atoms with E-state index in [1.165, 1.54) is 14.2 Å². The van der Waals surface area contributed by atoms with Crippen LogP contribution in [-0.4, -0.2) is 51.7 Å². The standard InChI is InChI=1S/C19H28N4O4.HI/c1-4-20-19(22-10-9-21-17(24)14-6-7-14)23-12-13-5-8-16(26-2)15(11-13)18(25)27-3;/h5,8,11,14H,4,6-7,9-10,12H2,1-3H3,(H,21,24)(H2,20,22,23);1H. The number of hydrogen-bond donors (Lipinski definition) is 3. The SMILES string of the molecule is CCNC(=NCc1ccc(OC)c(C(=O)OC)c1)NCCNC(=O)C1CC1.I. The number of carbonyl (C=O) groups excluding carboxylic acids is 2. The average Bonchev–Trinajstić information content (AvgIpc) is 3.53. The number of benzene rings is 1. The van der Waals surface area contributed by atoms with E-state index < -0.39 is 5.97 Å². The van der Waals surface area contributed by atoms with Crippen LogP contribution in [0.2, 0.25) is 0 Å². The number of carbonyl (C=O) groups is 2. The lowest BCUT2D eigenvalue weighted by Gasteiger charge is -2.12. The minimum Gasteiger partial charge on any atom is -0.496 e. The van der Waals surface area contributed by atoms with Crippen LogP contribution in [0.1, 0.15) is 35.7 Å². The molecule has 156 valence electrons. The molecular weight excluding hydrogens is 475 g/mol. The highest BCUT2D eigenvalue weighted by atomic mass is 127. The third kappa shape index (κ3) is 7.53. The molecule has 9 heteroatoms. The number of methoxy groups -OCH3 is 2. The lowest BCUT2D eigenvalue weighted by Crippen LogP contribution is -2.41. The molecule has 0 aromatic heterocycles. The van der Waals surface area contributed by atoms with Crippen LogP contribution >= 0.6 is 24.0 Å². The van der Waals surface area contributed by atoms with Crippen molar-refractivity contribution < 1.29 is 19.1 Å². The number of esters is 1. The van der Waals surface area contributed by atoms with E-state index in [2.05, 4.69) is 20.9 Å². The molecule has 8 nitrogen and oxygen atoms in total. The first-order chi connectivity index (χ1) is 13.1. The van der Waals surface area contributed by atoms with Gasteiger partial charge in [-0.25, -0.2) is 9.79 Å². The predicted octanol–water partition coefficient (Wildman–Crippen LogP) is 1.68. The summed E-state index contributed by atoms with van der Waals surface area (Å²) in [7, 11) is 2.84. The van der Waals surface area contributed by atoms with Crippen molar-refractivity contribution in [1.82, 2.24) is 16.0 Å². The summed E-state index contributed by atoms with van der Waals surface area (Å²) in [4.78, 5) is 28.0. The number of nitrogens with zero attached hydrogens (tertiary/aromatic N) is 1. The lowest BCUT2D eigenvalue weighted by atomic mass is 10.1. The summed E-state index contributed by atoms with van der Waals surface area (Å²) < 4.78 is 9.99. The highest BCUT2D eigenvalue weighted by Crippen LogP contribution is 2.28. The van der Waals surface area contributed by atoms with Crippen LogP contribution in [0.25, 0.3) is 0 Å².